The molecule has 8 aromatic rings. The first-order chi connectivity index (χ1) is 22.2. The second kappa shape index (κ2) is 11.0. The van der Waals surface area contributed by atoms with Gasteiger partial charge < -0.3 is 0 Å². The van der Waals surface area contributed by atoms with Gasteiger partial charge in [0, 0.05) is 16.5 Å². The van der Waals surface area contributed by atoms with Crippen LogP contribution in [-0.2, 0) is 0 Å². The molecule has 0 saturated heterocycles. The molecular weight excluding hydrogens is 570 g/mol. The van der Waals surface area contributed by atoms with E-state index in [9.17, 15) is 0 Å². The Labute approximate surface area is 265 Å². The number of halogens is 1. The minimum absolute atomic E-state index is 0.385. The SMILES string of the molecule is [C-]#[N+]c1cc(-c2nc(-c3ccc4ccccc4c3)c3cc(-c4ccc(-c5ccccc5)cc4)ccc3n2)c2ccccc2c1Cl. The summed E-state index contributed by atoms with van der Waals surface area (Å²) in [6, 6.07) is 49.9. The average molecular weight is 594 g/mol. The number of fused-ring (bicyclic) bond motifs is 3. The Balaban J connectivity index is 1.35. The standard InChI is InChI=1S/C41H24ClN3/c1-43-38-25-35(33-13-7-8-14-34(33)39(38)42)41-44-37-22-21-31(29-17-15-28(16-18-29)26-9-3-2-4-10-26)24-36(37)40(45-41)32-20-19-27-11-5-6-12-30(27)23-32/h2-25H. The highest BCUT2D eigenvalue weighted by molar-refractivity contribution is 6.39. The van der Waals surface area contributed by atoms with Gasteiger partial charge in [0.15, 0.2) is 5.82 Å². The lowest BCUT2D eigenvalue weighted by molar-refractivity contribution is 1.24. The molecule has 0 unspecified atom stereocenters. The lowest BCUT2D eigenvalue weighted by atomic mass is 9.96. The number of hydrogen-bond donors (Lipinski definition) is 0. The summed E-state index contributed by atoms with van der Waals surface area (Å²) in [5.41, 5.74) is 8.42. The zero-order valence-electron chi connectivity index (χ0n) is 24.1. The van der Waals surface area contributed by atoms with E-state index in [2.05, 4.69) is 114 Å². The topological polar surface area (TPSA) is 30.1 Å². The van der Waals surface area contributed by atoms with E-state index < -0.39 is 0 Å². The monoisotopic (exact) mass is 593 g/mol. The van der Waals surface area contributed by atoms with Crippen molar-refractivity contribution in [1.29, 1.82) is 0 Å². The molecule has 210 valence electrons. The van der Waals surface area contributed by atoms with Crippen LogP contribution >= 0.6 is 11.6 Å². The molecule has 0 radical (unpaired) electrons. The fourth-order valence-electron chi connectivity index (χ4n) is 6.06. The van der Waals surface area contributed by atoms with E-state index in [0.717, 1.165) is 55.0 Å². The van der Waals surface area contributed by atoms with E-state index in [4.69, 9.17) is 28.1 Å². The number of hydrogen-bond acceptors (Lipinski definition) is 2. The summed E-state index contributed by atoms with van der Waals surface area (Å²) < 4.78 is 0. The van der Waals surface area contributed by atoms with Gasteiger partial charge in [0.1, 0.15) is 0 Å². The number of nitrogens with zero attached hydrogens (tertiary/aromatic N) is 3. The van der Waals surface area contributed by atoms with Crippen molar-refractivity contribution in [2.24, 2.45) is 0 Å². The highest BCUT2D eigenvalue weighted by Crippen LogP contribution is 2.41. The second-order valence-corrected chi connectivity index (χ2v) is 11.4. The lowest BCUT2D eigenvalue weighted by Gasteiger charge is -2.14. The van der Waals surface area contributed by atoms with Crippen LogP contribution in [0.2, 0.25) is 5.02 Å². The molecule has 0 N–H and O–H groups in total. The zero-order valence-corrected chi connectivity index (χ0v) is 24.8. The molecule has 0 amide bonds. The summed E-state index contributed by atoms with van der Waals surface area (Å²) >= 11 is 6.64. The predicted octanol–water partition coefficient (Wildman–Crippen LogP) is 11.8. The van der Waals surface area contributed by atoms with Crippen LogP contribution in [0.15, 0.2) is 146 Å². The number of rotatable bonds is 4. The van der Waals surface area contributed by atoms with Crippen molar-refractivity contribution in [2.75, 3.05) is 0 Å². The smallest absolute Gasteiger partial charge is 0.206 e. The summed E-state index contributed by atoms with van der Waals surface area (Å²) in [6.07, 6.45) is 0. The van der Waals surface area contributed by atoms with Crippen LogP contribution < -0.4 is 0 Å². The van der Waals surface area contributed by atoms with Crippen molar-refractivity contribution in [1.82, 2.24) is 9.97 Å². The molecule has 45 heavy (non-hydrogen) atoms. The van der Waals surface area contributed by atoms with Gasteiger partial charge in [0.05, 0.1) is 22.8 Å². The Bertz CT molecular complexity index is 2440. The van der Waals surface area contributed by atoms with Crippen LogP contribution in [0.5, 0.6) is 0 Å². The van der Waals surface area contributed by atoms with Gasteiger partial charge in [-0.1, -0.05) is 133 Å². The molecule has 0 aliphatic carbocycles. The Hall–Kier alpha value is -5.82. The molecule has 1 heterocycles. The van der Waals surface area contributed by atoms with Gasteiger partial charge in [-0.2, -0.15) is 0 Å². The van der Waals surface area contributed by atoms with Crippen molar-refractivity contribution in [3.05, 3.63) is 162 Å². The van der Waals surface area contributed by atoms with Gasteiger partial charge >= 0.3 is 0 Å². The molecule has 3 nitrogen and oxygen atoms in total. The van der Waals surface area contributed by atoms with Crippen molar-refractivity contribution < 1.29 is 0 Å². The van der Waals surface area contributed by atoms with Gasteiger partial charge in [0.2, 0.25) is 5.69 Å². The van der Waals surface area contributed by atoms with Crippen LogP contribution in [0.25, 0.3) is 82.2 Å². The first-order valence-electron chi connectivity index (χ1n) is 14.7. The fourth-order valence-corrected chi connectivity index (χ4v) is 6.32. The molecule has 0 saturated carbocycles. The zero-order chi connectivity index (χ0) is 30.3. The van der Waals surface area contributed by atoms with E-state index in [1.54, 1.807) is 0 Å². The number of benzene rings is 7. The average Bonchev–Trinajstić information content (AvgIpc) is 3.11. The van der Waals surface area contributed by atoms with E-state index in [1.807, 2.05) is 36.4 Å². The Morgan fingerprint density at radius 3 is 1.89 bits per heavy atom. The summed E-state index contributed by atoms with van der Waals surface area (Å²) in [7, 11) is 0. The third-order valence-electron chi connectivity index (χ3n) is 8.36. The molecule has 4 heteroatoms. The Morgan fingerprint density at radius 1 is 0.489 bits per heavy atom. The molecule has 0 atom stereocenters. The lowest BCUT2D eigenvalue weighted by Crippen LogP contribution is -1.97. The van der Waals surface area contributed by atoms with Crippen LogP contribution in [0.3, 0.4) is 0 Å². The maximum absolute atomic E-state index is 7.77. The second-order valence-electron chi connectivity index (χ2n) is 11.0. The molecule has 0 fully saturated rings. The van der Waals surface area contributed by atoms with Crippen LogP contribution in [0.4, 0.5) is 5.69 Å². The molecule has 0 spiro atoms. The number of aromatic nitrogens is 2. The third kappa shape index (κ3) is 4.79. The van der Waals surface area contributed by atoms with Crippen LogP contribution in [0.1, 0.15) is 0 Å². The van der Waals surface area contributed by atoms with Gasteiger partial charge in [-0.05, 0) is 68.1 Å². The summed E-state index contributed by atoms with van der Waals surface area (Å²) in [4.78, 5) is 14.0. The Kier molecular flexibility index (Phi) is 6.56. The van der Waals surface area contributed by atoms with Gasteiger partial charge in [-0.25, -0.2) is 14.8 Å². The molecule has 7 aromatic carbocycles. The Morgan fingerprint density at radius 2 is 1.11 bits per heavy atom. The van der Waals surface area contributed by atoms with Crippen LogP contribution in [-0.4, -0.2) is 9.97 Å². The van der Waals surface area contributed by atoms with Gasteiger partial charge in [-0.15, -0.1) is 0 Å². The van der Waals surface area contributed by atoms with Crippen molar-refractivity contribution >= 4 is 49.7 Å². The van der Waals surface area contributed by atoms with Gasteiger partial charge in [0.25, 0.3) is 0 Å². The minimum Gasteiger partial charge on any atom is -0.237 e. The molecular formula is C41H24ClN3. The maximum Gasteiger partial charge on any atom is 0.206 e. The third-order valence-corrected chi connectivity index (χ3v) is 8.76. The molecule has 0 aliphatic rings. The molecule has 0 aliphatic heterocycles. The normalized spacial score (nSPS) is 11.2. The summed E-state index contributed by atoms with van der Waals surface area (Å²) in [5.74, 6) is 0.559. The highest BCUT2D eigenvalue weighted by atomic mass is 35.5. The van der Waals surface area contributed by atoms with Crippen LogP contribution in [0, 0.1) is 6.57 Å². The first kappa shape index (κ1) is 26.8. The highest BCUT2D eigenvalue weighted by Gasteiger charge is 2.18. The largest absolute Gasteiger partial charge is 0.237 e. The van der Waals surface area contributed by atoms with Crippen molar-refractivity contribution in [3.8, 4) is 44.9 Å². The predicted molar refractivity (Wildman–Crippen MR) is 188 cm³/mol. The van der Waals surface area contributed by atoms with E-state index >= 15 is 0 Å². The van der Waals surface area contributed by atoms with Crippen molar-refractivity contribution in [3.63, 3.8) is 0 Å². The fraction of sp³-hybridized carbons (Fsp3) is 0. The van der Waals surface area contributed by atoms with E-state index in [0.29, 0.717) is 16.5 Å². The van der Waals surface area contributed by atoms with Gasteiger partial charge in [-0.3, -0.25) is 0 Å². The minimum atomic E-state index is 0.385. The molecule has 1 aromatic heterocycles. The molecule has 8 rings (SSSR count). The summed E-state index contributed by atoms with van der Waals surface area (Å²) in [6.45, 7) is 7.77. The first-order valence-corrected chi connectivity index (χ1v) is 15.1. The van der Waals surface area contributed by atoms with Crippen molar-refractivity contribution in [2.45, 2.75) is 0 Å². The molecule has 0 bridgehead atoms. The van der Waals surface area contributed by atoms with E-state index in [-0.39, 0.29) is 0 Å². The maximum atomic E-state index is 7.77. The summed E-state index contributed by atoms with van der Waals surface area (Å²) in [5, 5.41) is 5.44. The van der Waals surface area contributed by atoms with E-state index in [1.165, 1.54) is 16.5 Å². The quantitative estimate of drug-likeness (QED) is 0.190.